The molecule has 3 rings (SSSR count). The Kier molecular flexibility index (Phi) is 6.51. The van der Waals surface area contributed by atoms with Gasteiger partial charge in [-0.25, -0.2) is 4.98 Å². The van der Waals surface area contributed by atoms with Crippen molar-refractivity contribution in [3.63, 3.8) is 0 Å². The normalized spacial score (nSPS) is 10.8. The predicted octanol–water partition coefficient (Wildman–Crippen LogP) is 4.98. The van der Waals surface area contributed by atoms with E-state index in [1.54, 1.807) is 31.1 Å². The smallest absolute Gasteiger partial charge is 0.216 e. The lowest BCUT2D eigenvalue weighted by atomic mass is 10.1. The zero-order valence-electron chi connectivity index (χ0n) is 14.4. The summed E-state index contributed by atoms with van der Waals surface area (Å²) in [5, 5.41) is 3.23. The van der Waals surface area contributed by atoms with E-state index in [2.05, 4.69) is 46.4 Å². The fourth-order valence-electron chi connectivity index (χ4n) is 2.50. The van der Waals surface area contributed by atoms with E-state index >= 15 is 0 Å². The summed E-state index contributed by atoms with van der Waals surface area (Å²) in [5.41, 5.74) is 0. The number of methoxy groups -OCH3 is 1. The summed E-state index contributed by atoms with van der Waals surface area (Å²) in [6.45, 7) is 0.749. The molecule has 0 saturated heterocycles. The Labute approximate surface area is 152 Å². The lowest BCUT2D eigenvalue weighted by Gasteiger charge is -2.07. The number of benzene rings is 2. The van der Waals surface area contributed by atoms with Crippen LogP contribution >= 0.6 is 11.8 Å². The van der Waals surface area contributed by atoms with Crippen molar-refractivity contribution in [2.75, 3.05) is 19.5 Å². The SMILES string of the molecule is COc1ccnc(SCCCCCOc2ccc3ccccc3c2)n1. The largest absolute Gasteiger partial charge is 0.494 e. The van der Waals surface area contributed by atoms with E-state index in [0.29, 0.717) is 5.88 Å². The molecular formula is C20H22N2O2S. The number of thioether (sulfide) groups is 1. The van der Waals surface area contributed by atoms with Crippen LogP contribution in [0.3, 0.4) is 0 Å². The number of fused-ring (bicyclic) bond motifs is 1. The molecule has 0 aliphatic heterocycles. The molecule has 0 aliphatic carbocycles. The quantitative estimate of drug-likeness (QED) is 0.308. The maximum atomic E-state index is 5.86. The summed E-state index contributed by atoms with van der Waals surface area (Å²) < 4.78 is 11.0. The summed E-state index contributed by atoms with van der Waals surface area (Å²) in [5.74, 6) is 2.56. The van der Waals surface area contributed by atoms with Crippen molar-refractivity contribution in [2.45, 2.75) is 24.4 Å². The highest BCUT2D eigenvalue weighted by molar-refractivity contribution is 7.99. The summed E-state index contributed by atoms with van der Waals surface area (Å²) in [6.07, 6.45) is 5.02. The summed E-state index contributed by atoms with van der Waals surface area (Å²) in [4.78, 5) is 8.53. The molecule has 0 atom stereocenters. The summed E-state index contributed by atoms with van der Waals surface area (Å²) in [6, 6.07) is 16.3. The van der Waals surface area contributed by atoms with Gasteiger partial charge in [-0.1, -0.05) is 42.1 Å². The van der Waals surface area contributed by atoms with Crippen LogP contribution in [0.15, 0.2) is 59.9 Å². The molecule has 0 fully saturated rings. The molecule has 1 aromatic heterocycles. The Morgan fingerprint density at radius 3 is 2.72 bits per heavy atom. The highest BCUT2D eigenvalue weighted by atomic mass is 32.2. The second-order valence-electron chi connectivity index (χ2n) is 5.65. The molecule has 0 aliphatic rings. The Morgan fingerprint density at radius 2 is 1.84 bits per heavy atom. The Morgan fingerprint density at radius 1 is 0.960 bits per heavy atom. The van der Waals surface area contributed by atoms with E-state index < -0.39 is 0 Å². The molecular weight excluding hydrogens is 332 g/mol. The van der Waals surface area contributed by atoms with Gasteiger partial charge in [0.1, 0.15) is 5.75 Å². The zero-order valence-corrected chi connectivity index (χ0v) is 15.2. The average molecular weight is 354 g/mol. The van der Waals surface area contributed by atoms with Crippen LogP contribution in [-0.4, -0.2) is 29.4 Å². The van der Waals surface area contributed by atoms with Gasteiger partial charge in [0, 0.05) is 18.0 Å². The molecule has 0 bridgehead atoms. The van der Waals surface area contributed by atoms with Gasteiger partial charge >= 0.3 is 0 Å². The van der Waals surface area contributed by atoms with Crippen molar-refractivity contribution < 1.29 is 9.47 Å². The molecule has 4 nitrogen and oxygen atoms in total. The first-order chi connectivity index (χ1) is 12.3. The van der Waals surface area contributed by atoms with Crippen LogP contribution in [0.4, 0.5) is 0 Å². The molecule has 0 radical (unpaired) electrons. The fraction of sp³-hybridized carbons (Fsp3) is 0.300. The Bertz CT molecular complexity index is 810. The van der Waals surface area contributed by atoms with E-state index in [1.807, 2.05) is 6.07 Å². The van der Waals surface area contributed by atoms with Crippen LogP contribution in [0.2, 0.25) is 0 Å². The lowest BCUT2D eigenvalue weighted by Crippen LogP contribution is -1.98. The van der Waals surface area contributed by atoms with Crippen molar-refractivity contribution in [3.05, 3.63) is 54.7 Å². The van der Waals surface area contributed by atoms with Crippen LogP contribution in [0.5, 0.6) is 11.6 Å². The van der Waals surface area contributed by atoms with E-state index in [1.165, 1.54) is 10.8 Å². The van der Waals surface area contributed by atoms with Gasteiger partial charge in [0.2, 0.25) is 5.88 Å². The predicted molar refractivity (Wildman–Crippen MR) is 103 cm³/mol. The van der Waals surface area contributed by atoms with E-state index in [9.17, 15) is 0 Å². The summed E-state index contributed by atoms with van der Waals surface area (Å²) >= 11 is 1.66. The first-order valence-corrected chi connectivity index (χ1v) is 9.45. The Hall–Kier alpha value is -2.27. The second-order valence-corrected chi connectivity index (χ2v) is 6.71. The fourth-order valence-corrected chi connectivity index (χ4v) is 3.32. The van der Waals surface area contributed by atoms with Gasteiger partial charge in [-0.15, -0.1) is 0 Å². The van der Waals surface area contributed by atoms with E-state index in [0.717, 1.165) is 42.5 Å². The van der Waals surface area contributed by atoms with Crippen molar-refractivity contribution >= 4 is 22.5 Å². The molecule has 25 heavy (non-hydrogen) atoms. The van der Waals surface area contributed by atoms with Crippen molar-refractivity contribution in [2.24, 2.45) is 0 Å². The number of rotatable bonds is 9. The second kappa shape index (κ2) is 9.28. The van der Waals surface area contributed by atoms with Gasteiger partial charge in [-0.05, 0) is 42.2 Å². The minimum absolute atomic E-state index is 0.612. The van der Waals surface area contributed by atoms with Gasteiger partial charge in [-0.3, -0.25) is 0 Å². The van der Waals surface area contributed by atoms with Crippen LogP contribution in [0, 0.1) is 0 Å². The van der Waals surface area contributed by atoms with Crippen molar-refractivity contribution in [1.82, 2.24) is 9.97 Å². The van der Waals surface area contributed by atoms with Gasteiger partial charge in [0.05, 0.1) is 13.7 Å². The Balaban J connectivity index is 1.33. The van der Waals surface area contributed by atoms with Crippen LogP contribution < -0.4 is 9.47 Å². The number of hydrogen-bond donors (Lipinski definition) is 0. The number of unbranched alkanes of at least 4 members (excludes halogenated alkanes) is 2. The van der Waals surface area contributed by atoms with Gasteiger partial charge in [0.15, 0.2) is 5.16 Å². The van der Waals surface area contributed by atoms with Crippen LogP contribution in [0.25, 0.3) is 10.8 Å². The molecule has 0 N–H and O–H groups in total. The lowest BCUT2D eigenvalue weighted by molar-refractivity contribution is 0.307. The minimum atomic E-state index is 0.612. The third-order valence-electron chi connectivity index (χ3n) is 3.83. The van der Waals surface area contributed by atoms with Gasteiger partial charge in [-0.2, -0.15) is 4.98 Å². The maximum absolute atomic E-state index is 5.86. The highest BCUT2D eigenvalue weighted by Crippen LogP contribution is 2.21. The van der Waals surface area contributed by atoms with Gasteiger partial charge in [0.25, 0.3) is 0 Å². The summed E-state index contributed by atoms with van der Waals surface area (Å²) in [7, 11) is 1.62. The van der Waals surface area contributed by atoms with E-state index in [-0.39, 0.29) is 0 Å². The molecule has 0 unspecified atom stereocenters. The topological polar surface area (TPSA) is 44.2 Å². The third kappa shape index (κ3) is 5.36. The number of aromatic nitrogens is 2. The molecule has 5 heteroatoms. The maximum Gasteiger partial charge on any atom is 0.216 e. The number of ether oxygens (including phenoxy) is 2. The number of hydrogen-bond acceptors (Lipinski definition) is 5. The third-order valence-corrected chi connectivity index (χ3v) is 4.77. The van der Waals surface area contributed by atoms with Crippen molar-refractivity contribution in [3.8, 4) is 11.6 Å². The molecule has 2 aromatic carbocycles. The zero-order chi connectivity index (χ0) is 17.3. The van der Waals surface area contributed by atoms with Crippen molar-refractivity contribution in [1.29, 1.82) is 0 Å². The molecule has 3 aromatic rings. The molecule has 0 spiro atoms. The van der Waals surface area contributed by atoms with Crippen LogP contribution in [-0.2, 0) is 0 Å². The highest BCUT2D eigenvalue weighted by Gasteiger charge is 2.01. The van der Waals surface area contributed by atoms with E-state index in [4.69, 9.17) is 9.47 Å². The standard InChI is InChI=1S/C20H22N2O2S/c1-23-19-11-12-21-20(22-19)25-14-6-2-5-13-24-18-10-9-16-7-3-4-8-17(16)15-18/h3-4,7-12,15H,2,5-6,13-14H2,1H3. The average Bonchev–Trinajstić information content (AvgIpc) is 2.67. The first-order valence-electron chi connectivity index (χ1n) is 8.46. The van der Waals surface area contributed by atoms with Gasteiger partial charge < -0.3 is 9.47 Å². The van der Waals surface area contributed by atoms with Crippen LogP contribution in [0.1, 0.15) is 19.3 Å². The molecule has 1 heterocycles. The molecule has 0 saturated carbocycles. The minimum Gasteiger partial charge on any atom is -0.494 e. The first kappa shape index (κ1) is 17.5. The molecule has 0 amide bonds. The monoisotopic (exact) mass is 354 g/mol. The molecule has 130 valence electrons. The number of nitrogens with zero attached hydrogens (tertiary/aromatic N) is 2.